The number of hydrogen-bond donors (Lipinski definition) is 2. The maximum absolute atomic E-state index is 13.3. The molecular weight excluding hydrogens is 408 g/mol. The Balaban J connectivity index is 1.98. The van der Waals surface area contributed by atoms with Crippen LogP contribution in [0.25, 0.3) is 21.5 Å². The predicted molar refractivity (Wildman–Crippen MR) is 102 cm³/mol. The van der Waals surface area contributed by atoms with Gasteiger partial charge in [-0.25, -0.2) is 0 Å². The summed E-state index contributed by atoms with van der Waals surface area (Å²) < 4.78 is 79.5. The fourth-order valence-corrected chi connectivity index (χ4v) is 4.14. The zero-order valence-corrected chi connectivity index (χ0v) is 15.7. The van der Waals surface area contributed by atoms with E-state index in [4.69, 9.17) is 0 Å². The third kappa shape index (κ3) is 3.86. The van der Waals surface area contributed by atoms with E-state index in [9.17, 15) is 31.4 Å². The van der Waals surface area contributed by atoms with Gasteiger partial charge in [0.25, 0.3) is 0 Å². The molecule has 2 atom stereocenters. The van der Waals surface area contributed by atoms with E-state index in [-0.39, 0.29) is 16.8 Å². The number of benzene rings is 3. The second-order valence-corrected chi connectivity index (χ2v) is 7.66. The molecule has 30 heavy (non-hydrogen) atoms. The lowest BCUT2D eigenvalue weighted by atomic mass is 9.88. The van der Waals surface area contributed by atoms with Crippen molar-refractivity contribution in [1.82, 2.24) is 5.32 Å². The van der Waals surface area contributed by atoms with Crippen molar-refractivity contribution in [3.05, 3.63) is 59.2 Å². The molecule has 3 aromatic carbocycles. The topological polar surface area (TPSA) is 32.3 Å². The van der Waals surface area contributed by atoms with Gasteiger partial charge in [-0.05, 0) is 76.8 Å². The smallest absolute Gasteiger partial charge is 0.387 e. The maximum atomic E-state index is 13.3. The first-order valence-electron chi connectivity index (χ1n) is 9.62. The number of nitrogens with one attached hydrogen (secondary N) is 1. The Morgan fingerprint density at radius 3 is 2.03 bits per heavy atom. The van der Waals surface area contributed by atoms with Crippen molar-refractivity contribution in [2.75, 3.05) is 6.54 Å². The fraction of sp³-hybridized carbons (Fsp3) is 0.364. The number of halogens is 6. The molecule has 0 spiro atoms. The predicted octanol–water partition coefficient (Wildman–Crippen LogP) is 6.21. The van der Waals surface area contributed by atoms with Crippen molar-refractivity contribution < 1.29 is 31.4 Å². The average Bonchev–Trinajstić information content (AvgIpc) is 2.71. The van der Waals surface area contributed by atoms with Crippen LogP contribution in [0.15, 0.2) is 42.5 Å². The first kappa shape index (κ1) is 20.9. The molecule has 0 amide bonds. The van der Waals surface area contributed by atoms with Crippen LogP contribution in [0.1, 0.15) is 42.1 Å². The molecule has 2 N–H and O–H groups in total. The molecule has 0 bridgehead atoms. The number of aliphatic hydroxyl groups is 1. The minimum absolute atomic E-state index is 0.0401. The third-order valence-corrected chi connectivity index (χ3v) is 5.69. The van der Waals surface area contributed by atoms with E-state index in [1.807, 2.05) is 0 Å². The van der Waals surface area contributed by atoms with Gasteiger partial charge < -0.3 is 10.4 Å². The summed E-state index contributed by atoms with van der Waals surface area (Å²) in [6.07, 6.45) is -7.66. The first-order chi connectivity index (χ1) is 14.1. The Labute approximate surface area is 168 Å². The van der Waals surface area contributed by atoms with Gasteiger partial charge in [-0.15, -0.1) is 0 Å². The summed E-state index contributed by atoms with van der Waals surface area (Å²) in [5, 5.41) is 14.9. The summed E-state index contributed by atoms with van der Waals surface area (Å²) in [5.41, 5.74) is -1.47. The van der Waals surface area contributed by atoms with Gasteiger partial charge in [-0.3, -0.25) is 0 Å². The molecule has 2 unspecified atom stereocenters. The highest BCUT2D eigenvalue weighted by Crippen LogP contribution is 2.40. The van der Waals surface area contributed by atoms with E-state index in [1.165, 1.54) is 12.1 Å². The van der Waals surface area contributed by atoms with Crippen LogP contribution in [-0.2, 0) is 12.4 Å². The molecule has 1 heterocycles. The molecular formula is C22H19F6NO. The second kappa shape index (κ2) is 7.42. The Morgan fingerprint density at radius 2 is 1.43 bits per heavy atom. The van der Waals surface area contributed by atoms with Crippen LogP contribution in [0.5, 0.6) is 0 Å². The summed E-state index contributed by atoms with van der Waals surface area (Å²) in [4.78, 5) is 0. The normalized spacial score (nSPS) is 19.4. The van der Waals surface area contributed by atoms with E-state index < -0.39 is 29.6 Å². The number of rotatable bonds is 2. The van der Waals surface area contributed by atoms with E-state index in [0.29, 0.717) is 22.8 Å². The fourth-order valence-electron chi connectivity index (χ4n) is 4.14. The third-order valence-electron chi connectivity index (χ3n) is 5.69. The summed E-state index contributed by atoms with van der Waals surface area (Å²) in [5.74, 6) is 0. The van der Waals surface area contributed by atoms with Gasteiger partial charge in [0.1, 0.15) is 0 Å². The van der Waals surface area contributed by atoms with Gasteiger partial charge in [0.05, 0.1) is 17.2 Å². The number of aliphatic hydroxyl groups excluding tert-OH is 1. The minimum Gasteiger partial charge on any atom is -0.387 e. The number of hydrogen-bond acceptors (Lipinski definition) is 2. The van der Waals surface area contributed by atoms with E-state index in [1.54, 1.807) is 6.07 Å². The largest absolute Gasteiger partial charge is 0.416 e. The van der Waals surface area contributed by atoms with Crippen molar-refractivity contribution in [3.8, 4) is 0 Å². The van der Waals surface area contributed by atoms with E-state index >= 15 is 0 Å². The number of fused-ring (bicyclic) bond motifs is 3. The van der Waals surface area contributed by atoms with Gasteiger partial charge in [0, 0.05) is 6.04 Å². The molecule has 1 aliphatic heterocycles. The van der Waals surface area contributed by atoms with Crippen LogP contribution in [0.4, 0.5) is 26.3 Å². The summed E-state index contributed by atoms with van der Waals surface area (Å²) in [7, 11) is 0. The van der Waals surface area contributed by atoms with Gasteiger partial charge in [0.15, 0.2) is 0 Å². The average molecular weight is 427 g/mol. The molecule has 1 fully saturated rings. The van der Waals surface area contributed by atoms with Crippen LogP contribution >= 0.6 is 0 Å². The molecule has 2 nitrogen and oxygen atoms in total. The molecule has 0 saturated carbocycles. The van der Waals surface area contributed by atoms with Gasteiger partial charge in [-0.1, -0.05) is 18.6 Å². The highest BCUT2D eigenvalue weighted by Gasteiger charge is 2.33. The molecule has 3 aromatic rings. The molecule has 0 radical (unpaired) electrons. The number of alkyl halides is 6. The van der Waals surface area contributed by atoms with Crippen LogP contribution < -0.4 is 5.32 Å². The van der Waals surface area contributed by atoms with Crippen molar-refractivity contribution in [3.63, 3.8) is 0 Å². The zero-order chi connectivity index (χ0) is 21.7. The van der Waals surface area contributed by atoms with Crippen molar-refractivity contribution in [2.24, 2.45) is 0 Å². The second-order valence-electron chi connectivity index (χ2n) is 7.66. The minimum atomic E-state index is -4.64. The van der Waals surface area contributed by atoms with Gasteiger partial charge >= 0.3 is 12.4 Å². The van der Waals surface area contributed by atoms with Crippen LogP contribution in [0.3, 0.4) is 0 Å². The Bertz CT molecular complexity index is 1080. The molecule has 160 valence electrons. The zero-order valence-electron chi connectivity index (χ0n) is 15.7. The first-order valence-corrected chi connectivity index (χ1v) is 9.62. The molecule has 1 aliphatic rings. The van der Waals surface area contributed by atoms with E-state index in [2.05, 4.69) is 5.32 Å². The van der Waals surface area contributed by atoms with E-state index in [0.717, 1.165) is 43.7 Å². The molecule has 1 saturated heterocycles. The lowest BCUT2D eigenvalue weighted by Gasteiger charge is -2.29. The summed E-state index contributed by atoms with van der Waals surface area (Å²) >= 11 is 0. The molecule has 8 heteroatoms. The van der Waals surface area contributed by atoms with Crippen LogP contribution in [0, 0.1) is 0 Å². The Hall–Kier alpha value is -2.32. The monoisotopic (exact) mass is 427 g/mol. The molecule has 0 aliphatic carbocycles. The van der Waals surface area contributed by atoms with Gasteiger partial charge in [-0.2, -0.15) is 26.3 Å². The standard InChI is InChI=1S/C22H19F6NO/c23-21(24,25)13-5-4-12-9-18(20(30)19-3-1-2-8-29-19)15-7-6-14(22(26,27)28)11-17(15)16(12)10-13/h4-7,9-11,19-20,29-30H,1-3,8H2. The Morgan fingerprint density at radius 1 is 0.800 bits per heavy atom. The quantitative estimate of drug-likeness (QED) is 0.377. The summed E-state index contributed by atoms with van der Waals surface area (Å²) in [6.45, 7) is 0.723. The number of piperidine rings is 1. The van der Waals surface area contributed by atoms with Crippen molar-refractivity contribution >= 4 is 21.5 Å². The Kier molecular flexibility index (Phi) is 5.18. The lowest BCUT2D eigenvalue weighted by Crippen LogP contribution is -2.38. The van der Waals surface area contributed by atoms with Crippen molar-refractivity contribution in [1.29, 1.82) is 0 Å². The summed E-state index contributed by atoms with van der Waals surface area (Å²) in [6, 6.07) is 7.31. The highest BCUT2D eigenvalue weighted by atomic mass is 19.4. The molecule has 4 rings (SSSR count). The van der Waals surface area contributed by atoms with Gasteiger partial charge in [0.2, 0.25) is 0 Å². The van der Waals surface area contributed by atoms with Crippen molar-refractivity contribution in [2.45, 2.75) is 43.8 Å². The highest BCUT2D eigenvalue weighted by molar-refractivity contribution is 6.09. The SMILES string of the molecule is OC(c1cc2ccc(C(F)(F)F)cc2c2cc(C(F)(F)F)ccc12)C1CCCCN1. The maximum Gasteiger partial charge on any atom is 0.416 e. The lowest BCUT2D eigenvalue weighted by molar-refractivity contribution is -0.138. The molecule has 0 aromatic heterocycles. The van der Waals surface area contributed by atoms with Crippen LogP contribution in [0.2, 0.25) is 0 Å². The van der Waals surface area contributed by atoms with Crippen LogP contribution in [-0.4, -0.2) is 17.7 Å².